The van der Waals surface area contributed by atoms with Gasteiger partial charge in [0.1, 0.15) is 5.82 Å². The van der Waals surface area contributed by atoms with E-state index in [1.54, 1.807) is 0 Å². The highest BCUT2D eigenvalue weighted by Gasteiger charge is 2.28. The summed E-state index contributed by atoms with van der Waals surface area (Å²) < 4.78 is 26.2. The standard InChI is InChI=1S/C6H10N4O2S/c7-6-3-4-10(8-6)13(11,12)9-5-1-2-5/h3-5,9H,1-2H2,(H2,7,8). The average molecular weight is 202 g/mol. The molecule has 0 unspecified atom stereocenters. The first-order chi connectivity index (χ1) is 6.08. The number of nitrogens with two attached hydrogens (primary N) is 1. The first-order valence-electron chi connectivity index (χ1n) is 3.92. The molecule has 3 N–H and O–H groups in total. The van der Waals surface area contributed by atoms with Crippen molar-refractivity contribution in [2.75, 3.05) is 5.73 Å². The molecule has 1 heterocycles. The maximum absolute atomic E-state index is 11.4. The molecule has 7 heteroatoms. The topological polar surface area (TPSA) is 90.0 Å². The van der Waals surface area contributed by atoms with Crippen molar-refractivity contribution in [1.29, 1.82) is 0 Å². The average Bonchev–Trinajstić information content (AvgIpc) is 2.70. The molecule has 2 rings (SSSR count). The van der Waals surface area contributed by atoms with E-state index < -0.39 is 10.2 Å². The van der Waals surface area contributed by atoms with Crippen LogP contribution in [0.4, 0.5) is 5.82 Å². The molecule has 0 atom stereocenters. The van der Waals surface area contributed by atoms with Crippen molar-refractivity contribution in [3.05, 3.63) is 12.3 Å². The van der Waals surface area contributed by atoms with Crippen molar-refractivity contribution in [3.63, 3.8) is 0 Å². The summed E-state index contributed by atoms with van der Waals surface area (Å²) in [5.41, 5.74) is 5.30. The number of nitrogens with zero attached hydrogens (tertiary/aromatic N) is 2. The fraction of sp³-hybridized carbons (Fsp3) is 0.500. The first kappa shape index (κ1) is 8.52. The smallest absolute Gasteiger partial charge is 0.320 e. The molecule has 0 saturated heterocycles. The van der Waals surface area contributed by atoms with Crippen molar-refractivity contribution < 1.29 is 8.42 Å². The van der Waals surface area contributed by atoms with Crippen molar-refractivity contribution in [2.45, 2.75) is 18.9 Å². The zero-order valence-electron chi connectivity index (χ0n) is 6.84. The number of anilines is 1. The zero-order chi connectivity index (χ0) is 9.47. The largest absolute Gasteiger partial charge is 0.382 e. The molecule has 1 aromatic rings. The molecular weight excluding hydrogens is 192 g/mol. The van der Waals surface area contributed by atoms with Gasteiger partial charge in [0.25, 0.3) is 0 Å². The Morgan fingerprint density at radius 2 is 2.31 bits per heavy atom. The van der Waals surface area contributed by atoms with Crippen LogP contribution in [0.25, 0.3) is 0 Å². The van der Waals surface area contributed by atoms with Crippen LogP contribution in [0.3, 0.4) is 0 Å². The number of nitrogen functional groups attached to an aromatic ring is 1. The second-order valence-electron chi connectivity index (χ2n) is 3.01. The minimum atomic E-state index is -3.50. The molecule has 1 fully saturated rings. The van der Waals surface area contributed by atoms with Crippen LogP contribution in [-0.4, -0.2) is 23.6 Å². The van der Waals surface area contributed by atoms with Gasteiger partial charge in [0.05, 0.1) is 0 Å². The molecule has 0 aliphatic heterocycles. The number of rotatable bonds is 3. The van der Waals surface area contributed by atoms with Gasteiger partial charge in [-0.25, -0.2) is 0 Å². The van der Waals surface area contributed by atoms with E-state index in [0.717, 1.165) is 16.9 Å². The Balaban J connectivity index is 2.22. The summed E-state index contributed by atoms with van der Waals surface area (Å²) in [6.07, 6.45) is 3.12. The van der Waals surface area contributed by atoms with Gasteiger partial charge in [0.15, 0.2) is 0 Å². The Morgan fingerprint density at radius 1 is 1.62 bits per heavy atom. The van der Waals surface area contributed by atoms with E-state index in [4.69, 9.17) is 5.73 Å². The molecule has 1 saturated carbocycles. The zero-order valence-corrected chi connectivity index (χ0v) is 7.66. The Hall–Kier alpha value is -1.08. The van der Waals surface area contributed by atoms with Gasteiger partial charge in [-0.15, -0.1) is 5.10 Å². The van der Waals surface area contributed by atoms with Gasteiger partial charge in [0, 0.05) is 18.3 Å². The van der Waals surface area contributed by atoms with Gasteiger partial charge in [-0.05, 0) is 12.8 Å². The molecule has 0 spiro atoms. The molecule has 0 bridgehead atoms. The van der Waals surface area contributed by atoms with Crippen LogP contribution >= 0.6 is 0 Å². The summed E-state index contributed by atoms with van der Waals surface area (Å²) in [5.74, 6) is 0.196. The van der Waals surface area contributed by atoms with Crippen molar-refractivity contribution >= 4 is 16.0 Å². The second-order valence-corrected chi connectivity index (χ2v) is 4.57. The van der Waals surface area contributed by atoms with Gasteiger partial charge in [-0.2, -0.15) is 17.2 Å². The predicted octanol–water partition coefficient (Wildman–Crippen LogP) is -0.690. The van der Waals surface area contributed by atoms with Crippen LogP contribution in [0.1, 0.15) is 12.8 Å². The van der Waals surface area contributed by atoms with Crippen LogP contribution in [0.15, 0.2) is 12.3 Å². The summed E-state index contributed by atoms with van der Waals surface area (Å²) in [4.78, 5) is 0. The lowest BCUT2D eigenvalue weighted by atomic mass is 10.7. The summed E-state index contributed by atoms with van der Waals surface area (Å²) in [5, 5.41) is 3.61. The lowest BCUT2D eigenvalue weighted by molar-refractivity contribution is 0.564. The molecule has 6 nitrogen and oxygen atoms in total. The fourth-order valence-electron chi connectivity index (χ4n) is 0.920. The number of nitrogens with one attached hydrogen (secondary N) is 1. The molecular formula is C6H10N4O2S. The van der Waals surface area contributed by atoms with Crippen LogP contribution in [0, 0.1) is 0 Å². The molecule has 0 amide bonds. The van der Waals surface area contributed by atoms with Crippen LogP contribution in [-0.2, 0) is 10.2 Å². The lowest BCUT2D eigenvalue weighted by Gasteiger charge is -2.03. The normalized spacial score (nSPS) is 17.5. The number of hydrogen-bond acceptors (Lipinski definition) is 4. The highest BCUT2D eigenvalue weighted by atomic mass is 32.2. The van der Waals surface area contributed by atoms with Crippen LogP contribution in [0.2, 0.25) is 0 Å². The summed E-state index contributed by atoms with van der Waals surface area (Å²) in [6.45, 7) is 0. The second kappa shape index (κ2) is 2.71. The van der Waals surface area contributed by atoms with E-state index in [-0.39, 0.29) is 11.9 Å². The molecule has 1 aromatic heterocycles. The summed E-state index contributed by atoms with van der Waals surface area (Å²) >= 11 is 0. The molecule has 0 radical (unpaired) electrons. The third-order valence-corrected chi connectivity index (χ3v) is 3.05. The van der Waals surface area contributed by atoms with E-state index in [2.05, 4.69) is 9.82 Å². The van der Waals surface area contributed by atoms with Crippen LogP contribution in [0.5, 0.6) is 0 Å². The van der Waals surface area contributed by atoms with E-state index >= 15 is 0 Å². The van der Waals surface area contributed by atoms with Gasteiger partial charge in [0.2, 0.25) is 0 Å². The van der Waals surface area contributed by atoms with E-state index in [1.807, 2.05) is 0 Å². The van der Waals surface area contributed by atoms with E-state index in [9.17, 15) is 8.42 Å². The maximum Gasteiger partial charge on any atom is 0.320 e. The number of aromatic nitrogens is 2. The van der Waals surface area contributed by atoms with E-state index in [0.29, 0.717) is 0 Å². The molecule has 72 valence electrons. The van der Waals surface area contributed by atoms with Crippen LogP contribution < -0.4 is 10.5 Å². The Kier molecular flexibility index (Phi) is 1.77. The Bertz CT molecular complexity index is 406. The van der Waals surface area contributed by atoms with Crippen molar-refractivity contribution in [3.8, 4) is 0 Å². The summed E-state index contributed by atoms with van der Waals surface area (Å²) in [6, 6.07) is 1.52. The lowest BCUT2D eigenvalue weighted by Crippen LogP contribution is -2.31. The highest BCUT2D eigenvalue weighted by Crippen LogP contribution is 2.20. The summed E-state index contributed by atoms with van der Waals surface area (Å²) in [7, 11) is -3.50. The van der Waals surface area contributed by atoms with Gasteiger partial charge in [-0.1, -0.05) is 0 Å². The quantitative estimate of drug-likeness (QED) is 0.678. The molecule has 0 aromatic carbocycles. The monoisotopic (exact) mass is 202 g/mol. The molecule has 1 aliphatic carbocycles. The third kappa shape index (κ3) is 1.81. The highest BCUT2D eigenvalue weighted by molar-refractivity contribution is 7.87. The van der Waals surface area contributed by atoms with Gasteiger partial charge >= 0.3 is 10.2 Å². The Morgan fingerprint density at radius 3 is 2.77 bits per heavy atom. The molecule has 13 heavy (non-hydrogen) atoms. The van der Waals surface area contributed by atoms with E-state index in [1.165, 1.54) is 12.3 Å². The minimum absolute atomic E-state index is 0.0791. The SMILES string of the molecule is Nc1ccn(S(=O)(=O)NC2CC2)n1. The third-order valence-electron chi connectivity index (χ3n) is 1.73. The number of hydrogen-bond donors (Lipinski definition) is 2. The Labute approximate surface area is 75.9 Å². The molecule has 1 aliphatic rings. The maximum atomic E-state index is 11.4. The first-order valence-corrected chi connectivity index (χ1v) is 5.36. The predicted molar refractivity (Wildman–Crippen MR) is 47.1 cm³/mol. The fourth-order valence-corrected chi connectivity index (χ4v) is 2.11. The van der Waals surface area contributed by atoms with Gasteiger partial charge in [-0.3, -0.25) is 0 Å². The van der Waals surface area contributed by atoms with Crippen molar-refractivity contribution in [2.24, 2.45) is 0 Å². The van der Waals surface area contributed by atoms with Crippen molar-refractivity contribution in [1.82, 2.24) is 13.9 Å². The minimum Gasteiger partial charge on any atom is -0.382 e. The van der Waals surface area contributed by atoms with Gasteiger partial charge < -0.3 is 5.73 Å².